The minimum atomic E-state index is -0.851. The molecule has 2 amide bonds. The van der Waals surface area contributed by atoms with Crippen LogP contribution in [0.25, 0.3) is 0 Å². The van der Waals surface area contributed by atoms with Crippen LogP contribution in [0.2, 0.25) is 0 Å². The highest BCUT2D eigenvalue weighted by Crippen LogP contribution is 2.19. The van der Waals surface area contributed by atoms with E-state index in [0.29, 0.717) is 31.4 Å². The number of nitrogens with zero attached hydrogens (tertiary/aromatic N) is 1. The van der Waals surface area contributed by atoms with Crippen molar-refractivity contribution in [3.8, 4) is 0 Å². The van der Waals surface area contributed by atoms with E-state index in [0.717, 1.165) is 25.2 Å². The van der Waals surface area contributed by atoms with Gasteiger partial charge in [0.25, 0.3) is 0 Å². The summed E-state index contributed by atoms with van der Waals surface area (Å²) in [7, 11) is 0. The third kappa shape index (κ3) is 4.56. The average Bonchev–Trinajstić information content (AvgIpc) is 2.46. The molecule has 2 aliphatic rings. The lowest BCUT2D eigenvalue weighted by Gasteiger charge is -2.35. The molecule has 2 rings (SSSR count). The first-order valence-electron chi connectivity index (χ1n) is 7.08. The number of carboxylic acids is 1. The van der Waals surface area contributed by atoms with Crippen LogP contribution >= 0.6 is 11.8 Å². The van der Waals surface area contributed by atoms with E-state index < -0.39 is 5.97 Å². The van der Waals surface area contributed by atoms with E-state index in [9.17, 15) is 9.59 Å². The molecule has 0 radical (unpaired) electrons. The van der Waals surface area contributed by atoms with Crippen molar-refractivity contribution in [1.29, 1.82) is 0 Å². The molecule has 2 aliphatic heterocycles. The molecule has 0 aromatic heterocycles. The molecular formula is C13H22N2O4S. The number of hydrogen-bond donors (Lipinski definition) is 2. The predicted molar refractivity (Wildman–Crippen MR) is 77.0 cm³/mol. The summed E-state index contributed by atoms with van der Waals surface area (Å²) in [5.74, 6) is 1.10. The van der Waals surface area contributed by atoms with Crippen LogP contribution in [0.15, 0.2) is 0 Å². The first-order chi connectivity index (χ1) is 9.66. The number of nitrogens with one attached hydrogen (secondary N) is 1. The maximum atomic E-state index is 12.2. The van der Waals surface area contributed by atoms with E-state index >= 15 is 0 Å². The fourth-order valence-electron chi connectivity index (χ4n) is 2.59. The lowest BCUT2D eigenvalue weighted by atomic mass is 10.0. The van der Waals surface area contributed by atoms with Gasteiger partial charge in [-0.1, -0.05) is 0 Å². The molecule has 6 nitrogen and oxygen atoms in total. The van der Waals surface area contributed by atoms with E-state index in [1.807, 2.05) is 0 Å². The molecule has 0 saturated carbocycles. The van der Waals surface area contributed by atoms with Gasteiger partial charge < -0.3 is 20.1 Å². The Balaban J connectivity index is 1.80. The molecule has 2 atom stereocenters. The van der Waals surface area contributed by atoms with Crippen molar-refractivity contribution >= 4 is 23.8 Å². The first kappa shape index (κ1) is 15.4. The van der Waals surface area contributed by atoms with Crippen molar-refractivity contribution < 1.29 is 19.4 Å². The van der Waals surface area contributed by atoms with Crippen LogP contribution in [0.3, 0.4) is 0 Å². The number of carboxylic acid groups (broad SMARTS) is 1. The third-order valence-corrected chi connectivity index (χ3v) is 4.79. The molecular weight excluding hydrogens is 280 g/mol. The number of thioether (sulfide) groups is 1. The number of urea groups is 1. The lowest BCUT2D eigenvalue weighted by molar-refractivity contribution is -0.137. The molecule has 0 spiro atoms. The third-order valence-electron chi connectivity index (χ3n) is 3.70. The zero-order valence-corrected chi connectivity index (χ0v) is 12.4. The highest BCUT2D eigenvalue weighted by atomic mass is 32.2. The van der Waals surface area contributed by atoms with Crippen LogP contribution in [0.1, 0.15) is 19.3 Å². The fraction of sp³-hybridized carbons (Fsp3) is 0.846. The zero-order chi connectivity index (χ0) is 14.4. The molecule has 0 aromatic carbocycles. The molecule has 114 valence electrons. The molecule has 2 unspecified atom stereocenters. The van der Waals surface area contributed by atoms with Crippen LogP contribution in [0.4, 0.5) is 4.79 Å². The topological polar surface area (TPSA) is 78.9 Å². The van der Waals surface area contributed by atoms with Crippen LogP contribution in [0, 0.1) is 5.92 Å². The van der Waals surface area contributed by atoms with E-state index in [4.69, 9.17) is 9.84 Å². The largest absolute Gasteiger partial charge is 0.481 e. The van der Waals surface area contributed by atoms with Gasteiger partial charge in [0.1, 0.15) is 0 Å². The Morgan fingerprint density at radius 3 is 3.00 bits per heavy atom. The van der Waals surface area contributed by atoms with Gasteiger partial charge in [-0.2, -0.15) is 11.8 Å². The Bertz CT molecular complexity index is 347. The summed E-state index contributed by atoms with van der Waals surface area (Å²) in [6, 6.07) is -0.337. The fourth-order valence-corrected chi connectivity index (χ4v) is 3.66. The second-order valence-corrected chi connectivity index (χ2v) is 6.44. The van der Waals surface area contributed by atoms with Gasteiger partial charge in [0.2, 0.25) is 0 Å². The molecule has 2 saturated heterocycles. The van der Waals surface area contributed by atoms with Crippen molar-refractivity contribution in [2.24, 2.45) is 5.92 Å². The predicted octanol–water partition coefficient (Wildman–Crippen LogP) is 1.01. The van der Waals surface area contributed by atoms with Crippen molar-refractivity contribution in [2.75, 3.05) is 37.8 Å². The Morgan fingerprint density at radius 1 is 1.45 bits per heavy atom. The summed E-state index contributed by atoms with van der Waals surface area (Å²) in [5, 5.41) is 11.8. The summed E-state index contributed by atoms with van der Waals surface area (Å²) in [5.41, 5.74) is 0. The van der Waals surface area contributed by atoms with E-state index in [-0.39, 0.29) is 18.5 Å². The standard InChI is InChI=1S/C13H22N2O4S/c16-12(17)6-11-9-20-5-3-15(11)13(18)14-7-10-2-1-4-19-8-10/h10-11H,1-9H2,(H,14,18)(H,16,17). The van der Waals surface area contributed by atoms with Gasteiger partial charge in [-0.25, -0.2) is 4.79 Å². The molecule has 2 N–H and O–H groups in total. The summed E-state index contributed by atoms with van der Waals surface area (Å²) in [6.07, 6.45) is 2.14. The number of aliphatic carboxylic acids is 1. The Labute approximate surface area is 123 Å². The SMILES string of the molecule is O=C(O)CC1CSCCN1C(=O)NCC1CCCOC1. The number of carbonyl (C=O) groups is 2. The van der Waals surface area contributed by atoms with Crippen LogP contribution in [-0.4, -0.2) is 65.9 Å². The maximum Gasteiger partial charge on any atom is 0.317 e. The number of rotatable bonds is 4. The van der Waals surface area contributed by atoms with Crippen LogP contribution in [-0.2, 0) is 9.53 Å². The van der Waals surface area contributed by atoms with Crippen LogP contribution in [0.5, 0.6) is 0 Å². The van der Waals surface area contributed by atoms with Gasteiger partial charge in [-0.15, -0.1) is 0 Å². The summed E-state index contributed by atoms with van der Waals surface area (Å²) >= 11 is 1.71. The Morgan fingerprint density at radius 2 is 2.30 bits per heavy atom. The van der Waals surface area contributed by atoms with Crippen molar-refractivity contribution in [3.63, 3.8) is 0 Å². The molecule has 7 heteroatoms. The monoisotopic (exact) mass is 302 g/mol. The zero-order valence-electron chi connectivity index (χ0n) is 11.5. The Hall–Kier alpha value is -0.950. The maximum absolute atomic E-state index is 12.2. The lowest BCUT2D eigenvalue weighted by Crippen LogP contribution is -2.52. The minimum absolute atomic E-state index is 0.0208. The molecule has 0 bridgehead atoms. The smallest absolute Gasteiger partial charge is 0.317 e. The van der Waals surface area contributed by atoms with Gasteiger partial charge >= 0.3 is 12.0 Å². The van der Waals surface area contributed by atoms with Gasteiger partial charge in [0.15, 0.2) is 0 Å². The summed E-state index contributed by atoms with van der Waals surface area (Å²) < 4.78 is 5.39. The molecule has 2 fully saturated rings. The summed E-state index contributed by atoms with van der Waals surface area (Å²) in [6.45, 7) is 2.75. The highest BCUT2D eigenvalue weighted by molar-refractivity contribution is 7.99. The number of amides is 2. The van der Waals surface area contributed by atoms with E-state index in [2.05, 4.69) is 5.32 Å². The van der Waals surface area contributed by atoms with Gasteiger partial charge in [-0.05, 0) is 18.8 Å². The van der Waals surface area contributed by atoms with E-state index in [1.165, 1.54) is 0 Å². The second kappa shape index (κ2) is 7.73. The van der Waals surface area contributed by atoms with Crippen molar-refractivity contribution in [2.45, 2.75) is 25.3 Å². The van der Waals surface area contributed by atoms with Crippen molar-refractivity contribution in [3.05, 3.63) is 0 Å². The number of ether oxygens (including phenoxy) is 1. The van der Waals surface area contributed by atoms with Gasteiger partial charge in [0, 0.05) is 31.2 Å². The van der Waals surface area contributed by atoms with Crippen LogP contribution < -0.4 is 5.32 Å². The highest BCUT2D eigenvalue weighted by Gasteiger charge is 2.29. The average molecular weight is 302 g/mol. The van der Waals surface area contributed by atoms with Crippen molar-refractivity contribution in [1.82, 2.24) is 10.2 Å². The quantitative estimate of drug-likeness (QED) is 0.810. The Kier molecular flexibility index (Phi) is 5.97. The van der Waals surface area contributed by atoms with E-state index in [1.54, 1.807) is 16.7 Å². The molecule has 0 aliphatic carbocycles. The normalized spacial score (nSPS) is 27.1. The first-order valence-corrected chi connectivity index (χ1v) is 8.24. The molecule has 0 aromatic rings. The molecule has 20 heavy (non-hydrogen) atoms. The van der Waals surface area contributed by atoms with Gasteiger partial charge in [-0.3, -0.25) is 4.79 Å². The summed E-state index contributed by atoms with van der Waals surface area (Å²) in [4.78, 5) is 24.7. The number of carbonyl (C=O) groups excluding carboxylic acids is 1. The molecule has 2 heterocycles. The number of hydrogen-bond acceptors (Lipinski definition) is 4. The minimum Gasteiger partial charge on any atom is -0.481 e. The second-order valence-electron chi connectivity index (χ2n) is 5.29. The van der Waals surface area contributed by atoms with Gasteiger partial charge in [0.05, 0.1) is 19.1 Å².